The molecule has 1 amide bonds. The van der Waals surface area contributed by atoms with Crippen molar-refractivity contribution in [2.45, 2.75) is 51.7 Å². The lowest BCUT2D eigenvalue weighted by Crippen LogP contribution is -2.37. The van der Waals surface area contributed by atoms with Crippen LogP contribution >= 0.6 is 15.9 Å². The van der Waals surface area contributed by atoms with Crippen LogP contribution in [0.25, 0.3) is 0 Å². The van der Waals surface area contributed by atoms with Crippen LogP contribution in [-0.4, -0.2) is 33.7 Å². The van der Waals surface area contributed by atoms with E-state index in [1.807, 2.05) is 0 Å². The number of nitrogens with zero attached hydrogens (tertiary/aromatic N) is 3. The maximum absolute atomic E-state index is 12.9. The molecule has 0 radical (unpaired) electrons. The standard InChI is InChI=1S/C14H19BrF3N3O/c1-9-11(15)12(14(16,17)18)19-21(9)10(2)13(22)20-7-5-3-4-6-8-20/h10H,3-8H2,1-2H3/t10-/m1/s1. The highest BCUT2D eigenvalue weighted by molar-refractivity contribution is 9.10. The van der Waals surface area contributed by atoms with Gasteiger partial charge in [0, 0.05) is 13.1 Å². The molecule has 0 bridgehead atoms. The number of carbonyl (C=O) groups excluding carboxylic acids is 1. The molecule has 0 spiro atoms. The molecule has 1 aromatic heterocycles. The average Bonchev–Trinajstić information content (AvgIpc) is 2.66. The molecule has 1 aliphatic heterocycles. The van der Waals surface area contributed by atoms with E-state index >= 15 is 0 Å². The summed E-state index contributed by atoms with van der Waals surface area (Å²) in [7, 11) is 0. The first kappa shape index (κ1) is 17.3. The summed E-state index contributed by atoms with van der Waals surface area (Å²) in [5.74, 6) is -0.172. The van der Waals surface area contributed by atoms with E-state index in [1.165, 1.54) is 11.6 Å². The fourth-order valence-corrected chi connectivity index (χ4v) is 3.20. The van der Waals surface area contributed by atoms with Gasteiger partial charge in [-0.05, 0) is 42.6 Å². The van der Waals surface area contributed by atoms with E-state index in [2.05, 4.69) is 21.0 Å². The number of carbonyl (C=O) groups is 1. The summed E-state index contributed by atoms with van der Waals surface area (Å²) in [6.07, 6.45) is -0.492. The number of likely N-dealkylation sites (tertiary alicyclic amines) is 1. The van der Waals surface area contributed by atoms with E-state index in [0.717, 1.165) is 25.7 Å². The van der Waals surface area contributed by atoms with Crippen molar-refractivity contribution in [1.29, 1.82) is 0 Å². The molecule has 2 rings (SSSR count). The minimum atomic E-state index is -4.54. The van der Waals surface area contributed by atoms with Gasteiger partial charge in [-0.2, -0.15) is 18.3 Å². The highest BCUT2D eigenvalue weighted by atomic mass is 79.9. The number of hydrogen-bond acceptors (Lipinski definition) is 2. The average molecular weight is 382 g/mol. The molecule has 124 valence electrons. The number of hydrogen-bond donors (Lipinski definition) is 0. The predicted octanol–water partition coefficient (Wildman–Crippen LogP) is 3.94. The van der Waals surface area contributed by atoms with Crippen molar-refractivity contribution < 1.29 is 18.0 Å². The Hall–Kier alpha value is -1.05. The number of halogens is 4. The summed E-state index contributed by atoms with van der Waals surface area (Å²) < 4.78 is 39.8. The molecule has 2 heterocycles. The van der Waals surface area contributed by atoms with Crippen molar-refractivity contribution >= 4 is 21.8 Å². The van der Waals surface area contributed by atoms with Gasteiger partial charge in [0.25, 0.3) is 0 Å². The number of amides is 1. The molecule has 0 N–H and O–H groups in total. The minimum Gasteiger partial charge on any atom is -0.341 e. The molecule has 1 aliphatic rings. The van der Waals surface area contributed by atoms with Gasteiger partial charge in [0.1, 0.15) is 6.04 Å². The molecular weight excluding hydrogens is 363 g/mol. The third kappa shape index (κ3) is 3.47. The Kier molecular flexibility index (Phi) is 5.19. The van der Waals surface area contributed by atoms with E-state index < -0.39 is 17.9 Å². The third-order valence-corrected chi connectivity index (χ3v) is 4.94. The lowest BCUT2D eigenvalue weighted by Gasteiger charge is -2.24. The second-order valence-corrected chi connectivity index (χ2v) is 6.40. The van der Waals surface area contributed by atoms with Gasteiger partial charge in [-0.3, -0.25) is 9.48 Å². The van der Waals surface area contributed by atoms with E-state index in [-0.39, 0.29) is 10.4 Å². The van der Waals surface area contributed by atoms with E-state index in [4.69, 9.17) is 0 Å². The molecule has 0 saturated carbocycles. The zero-order chi connectivity index (χ0) is 16.5. The van der Waals surface area contributed by atoms with Gasteiger partial charge in [0.15, 0.2) is 5.69 Å². The highest BCUT2D eigenvalue weighted by Crippen LogP contribution is 2.36. The molecule has 0 aromatic carbocycles. The quantitative estimate of drug-likeness (QED) is 0.777. The first-order valence-corrected chi connectivity index (χ1v) is 8.13. The maximum atomic E-state index is 12.9. The Balaban J connectivity index is 2.25. The van der Waals surface area contributed by atoms with Gasteiger partial charge in [0.05, 0.1) is 10.2 Å². The summed E-state index contributed by atoms with van der Waals surface area (Å²) in [5.41, 5.74) is -0.677. The van der Waals surface area contributed by atoms with Crippen LogP contribution < -0.4 is 0 Å². The minimum absolute atomic E-state index is 0.101. The number of rotatable bonds is 2. The Morgan fingerprint density at radius 2 is 1.77 bits per heavy atom. The molecular formula is C14H19BrF3N3O. The lowest BCUT2D eigenvalue weighted by molar-refractivity contribution is -0.143. The third-order valence-electron chi connectivity index (χ3n) is 3.99. The van der Waals surface area contributed by atoms with Gasteiger partial charge < -0.3 is 4.90 Å². The Morgan fingerprint density at radius 1 is 1.23 bits per heavy atom. The number of alkyl halides is 3. The van der Waals surface area contributed by atoms with Crippen LogP contribution in [0.1, 0.15) is 50.0 Å². The first-order chi connectivity index (χ1) is 10.2. The Bertz CT molecular complexity index is 548. The molecule has 8 heteroatoms. The molecule has 1 aromatic rings. The summed E-state index contributed by atoms with van der Waals surface area (Å²) in [6, 6.07) is -0.745. The Labute approximate surface area is 135 Å². The van der Waals surface area contributed by atoms with Gasteiger partial charge >= 0.3 is 6.18 Å². The molecule has 4 nitrogen and oxygen atoms in total. The van der Waals surface area contributed by atoms with Crippen LogP contribution in [0.3, 0.4) is 0 Å². The summed E-state index contributed by atoms with van der Waals surface area (Å²) in [4.78, 5) is 14.3. The zero-order valence-corrected chi connectivity index (χ0v) is 14.2. The molecule has 1 fully saturated rings. The van der Waals surface area contributed by atoms with Gasteiger partial charge in [-0.15, -0.1) is 0 Å². The van der Waals surface area contributed by atoms with Crippen molar-refractivity contribution in [2.24, 2.45) is 0 Å². The number of aromatic nitrogens is 2. The largest absolute Gasteiger partial charge is 0.436 e. The van der Waals surface area contributed by atoms with Crippen LogP contribution in [0.2, 0.25) is 0 Å². The second kappa shape index (κ2) is 6.60. The highest BCUT2D eigenvalue weighted by Gasteiger charge is 2.39. The topological polar surface area (TPSA) is 38.1 Å². The summed E-state index contributed by atoms with van der Waals surface area (Å²) in [6.45, 7) is 4.45. The van der Waals surface area contributed by atoms with E-state index in [1.54, 1.807) is 11.8 Å². The zero-order valence-electron chi connectivity index (χ0n) is 12.6. The normalized spacial score (nSPS) is 18.2. The van der Waals surface area contributed by atoms with Crippen molar-refractivity contribution in [2.75, 3.05) is 13.1 Å². The first-order valence-electron chi connectivity index (χ1n) is 7.34. The van der Waals surface area contributed by atoms with Crippen molar-refractivity contribution in [3.05, 3.63) is 15.9 Å². The second-order valence-electron chi connectivity index (χ2n) is 5.61. The maximum Gasteiger partial charge on any atom is 0.436 e. The van der Waals surface area contributed by atoms with Crippen LogP contribution in [0.15, 0.2) is 4.47 Å². The van der Waals surface area contributed by atoms with E-state index in [9.17, 15) is 18.0 Å². The summed E-state index contributed by atoms with van der Waals surface area (Å²) in [5, 5.41) is 3.62. The lowest BCUT2D eigenvalue weighted by atomic mass is 10.2. The SMILES string of the molecule is Cc1c(Br)c(C(F)(F)F)nn1[C@H](C)C(=O)N1CCCCCC1. The fourth-order valence-electron chi connectivity index (χ4n) is 2.72. The van der Waals surface area contributed by atoms with Gasteiger partial charge in [0.2, 0.25) is 5.91 Å². The van der Waals surface area contributed by atoms with Crippen LogP contribution in [-0.2, 0) is 11.0 Å². The van der Waals surface area contributed by atoms with Crippen LogP contribution in [0, 0.1) is 6.92 Å². The Morgan fingerprint density at radius 3 is 2.23 bits per heavy atom. The molecule has 1 saturated heterocycles. The van der Waals surface area contributed by atoms with E-state index in [0.29, 0.717) is 18.8 Å². The fraction of sp³-hybridized carbons (Fsp3) is 0.714. The molecule has 0 unspecified atom stereocenters. The predicted molar refractivity (Wildman–Crippen MR) is 79.4 cm³/mol. The molecule has 22 heavy (non-hydrogen) atoms. The van der Waals surface area contributed by atoms with Crippen molar-refractivity contribution in [3.63, 3.8) is 0 Å². The van der Waals surface area contributed by atoms with Gasteiger partial charge in [-0.1, -0.05) is 12.8 Å². The van der Waals surface area contributed by atoms with Crippen molar-refractivity contribution in [3.8, 4) is 0 Å². The smallest absolute Gasteiger partial charge is 0.341 e. The summed E-state index contributed by atoms with van der Waals surface area (Å²) >= 11 is 2.93. The van der Waals surface area contributed by atoms with Crippen molar-refractivity contribution in [1.82, 2.24) is 14.7 Å². The molecule has 0 aliphatic carbocycles. The van der Waals surface area contributed by atoms with Crippen LogP contribution in [0.5, 0.6) is 0 Å². The van der Waals surface area contributed by atoms with Crippen LogP contribution in [0.4, 0.5) is 13.2 Å². The monoisotopic (exact) mass is 381 g/mol. The molecule has 1 atom stereocenters. The van der Waals surface area contributed by atoms with Gasteiger partial charge in [-0.25, -0.2) is 0 Å².